The molecule has 4 N–H and O–H groups in total. The van der Waals surface area contributed by atoms with Crippen LogP contribution in [0.1, 0.15) is 39.4 Å². The van der Waals surface area contributed by atoms with Crippen molar-refractivity contribution < 1.29 is 4.39 Å². The summed E-state index contributed by atoms with van der Waals surface area (Å²) in [5.74, 6) is 1.54. The Morgan fingerprint density at radius 2 is 1.95 bits per heavy atom. The lowest BCUT2D eigenvalue weighted by molar-refractivity contribution is 0.664. The molecule has 6 heteroatoms. The summed E-state index contributed by atoms with van der Waals surface area (Å²) in [5.41, 5.74) is 5.13. The molecule has 0 saturated heterocycles. The van der Waals surface area contributed by atoms with Crippen molar-refractivity contribution in [3.8, 4) is 0 Å². The first-order valence-electron chi connectivity index (χ1n) is 7.27. The van der Waals surface area contributed by atoms with Gasteiger partial charge in [0.05, 0.1) is 0 Å². The molecular weight excluding hydrogens is 269 g/mol. The summed E-state index contributed by atoms with van der Waals surface area (Å²) in [5, 5.41) is 6.19. The summed E-state index contributed by atoms with van der Waals surface area (Å²) in [7, 11) is 0. The molecule has 0 bridgehead atoms. The van der Waals surface area contributed by atoms with Crippen molar-refractivity contribution in [2.24, 2.45) is 5.73 Å². The number of nitrogens with zero attached hydrogens (tertiary/aromatic N) is 2. The van der Waals surface area contributed by atoms with Gasteiger partial charge in [0.1, 0.15) is 23.3 Å². The van der Waals surface area contributed by atoms with E-state index in [1.807, 2.05) is 6.92 Å². The van der Waals surface area contributed by atoms with Gasteiger partial charge in [-0.25, -0.2) is 14.4 Å². The highest BCUT2D eigenvalue weighted by atomic mass is 19.1. The van der Waals surface area contributed by atoms with Crippen LogP contribution >= 0.6 is 0 Å². The summed E-state index contributed by atoms with van der Waals surface area (Å²) in [6.07, 6.45) is 6.26. The Balaban J connectivity index is 2.91. The molecule has 1 rings (SSSR count). The van der Waals surface area contributed by atoms with Gasteiger partial charge in [-0.2, -0.15) is 0 Å². The average Bonchev–Trinajstić information content (AvgIpc) is 2.50. The van der Waals surface area contributed by atoms with E-state index < -0.39 is 5.83 Å². The van der Waals surface area contributed by atoms with Crippen molar-refractivity contribution in [3.63, 3.8) is 0 Å². The lowest BCUT2D eigenvalue weighted by atomic mass is 10.2. The minimum atomic E-state index is -0.469. The van der Waals surface area contributed by atoms with E-state index in [2.05, 4.69) is 34.4 Å². The highest BCUT2D eigenvalue weighted by Gasteiger charge is 2.07. The number of aromatic nitrogens is 2. The first kappa shape index (κ1) is 16.9. The molecule has 1 aromatic rings. The van der Waals surface area contributed by atoms with Crippen LogP contribution in [0.15, 0.2) is 30.4 Å². The second-order valence-corrected chi connectivity index (χ2v) is 4.60. The standard InChI is InChI=1S/C15H24FN5/c1-4-12(5-2)19-15-9-14(20-13(6-3)21-15)18-10-11(16)7-8-17/h7-10,12H,4-6,17H2,1-3H3,(H2,18,19,20,21)/b8-7+,11-10+. The maximum atomic E-state index is 13.3. The van der Waals surface area contributed by atoms with Gasteiger partial charge < -0.3 is 16.4 Å². The largest absolute Gasteiger partial charge is 0.405 e. The molecule has 0 atom stereocenters. The third kappa shape index (κ3) is 5.81. The molecule has 0 radical (unpaired) electrons. The molecule has 116 valence electrons. The number of allylic oxidation sites excluding steroid dienone is 2. The van der Waals surface area contributed by atoms with Gasteiger partial charge in [0, 0.05) is 24.7 Å². The highest BCUT2D eigenvalue weighted by molar-refractivity contribution is 5.49. The van der Waals surface area contributed by atoms with Gasteiger partial charge in [0.15, 0.2) is 0 Å². The number of hydrogen-bond donors (Lipinski definition) is 3. The number of aryl methyl sites for hydroxylation is 1. The topological polar surface area (TPSA) is 75.9 Å². The molecule has 0 aromatic carbocycles. The molecule has 1 aromatic heterocycles. The van der Waals surface area contributed by atoms with Crippen LogP contribution < -0.4 is 16.4 Å². The van der Waals surface area contributed by atoms with Crippen LogP contribution in [0.2, 0.25) is 0 Å². The maximum absolute atomic E-state index is 13.3. The van der Waals surface area contributed by atoms with E-state index in [1.54, 1.807) is 6.07 Å². The van der Waals surface area contributed by atoms with Gasteiger partial charge in [0.2, 0.25) is 0 Å². The number of halogens is 1. The average molecular weight is 293 g/mol. The molecule has 0 fully saturated rings. The Kier molecular flexibility index (Phi) is 7.21. The van der Waals surface area contributed by atoms with Crippen molar-refractivity contribution in [2.75, 3.05) is 10.6 Å². The predicted octanol–water partition coefficient (Wildman–Crippen LogP) is 3.33. The minimum Gasteiger partial charge on any atom is -0.405 e. The van der Waals surface area contributed by atoms with Crippen LogP contribution in [-0.2, 0) is 6.42 Å². The van der Waals surface area contributed by atoms with Gasteiger partial charge in [-0.3, -0.25) is 0 Å². The van der Waals surface area contributed by atoms with Crippen LogP contribution in [0.3, 0.4) is 0 Å². The molecule has 0 aliphatic rings. The SMILES string of the molecule is CCc1nc(N/C=C(F)\C=C\N)cc(NC(CC)CC)n1. The highest BCUT2D eigenvalue weighted by Crippen LogP contribution is 2.15. The second-order valence-electron chi connectivity index (χ2n) is 4.60. The van der Waals surface area contributed by atoms with Gasteiger partial charge >= 0.3 is 0 Å². The van der Waals surface area contributed by atoms with Crippen LogP contribution in [-0.4, -0.2) is 16.0 Å². The molecule has 0 spiro atoms. The fraction of sp³-hybridized carbons (Fsp3) is 0.467. The summed E-state index contributed by atoms with van der Waals surface area (Å²) in [6.45, 7) is 6.23. The molecule has 0 amide bonds. The van der Waals surface area contributed by atoms with E-state index in [4.69, 9.17) is 5.73 Å². The summed E-state index contributed by atoms with van der Waals surface area (Å²) in [6, 6.07) is 2.14. The van der Waals surface area contributed by atoms with E-state index in [9.17, 15) is 4.39 Å². The zero-order valence-corrected chi connectivity index (χ0v) is 12.9. The van der Waals surface area contributed by atoms with Crippen molar-refractivity contribution >= 4 is 11.6 Å². The lowest BCUT2D eigenvalue weighted by Gasteiger charge is -2.16. The summed E-state index contributed by atoms with van der Waals surface area (Å²) in [4.78, 5) is 8.75. The Labute approximate surface area is 125 Å². The number of nitrogens with one attached hydrogen (secondary N) is 2. The normalized spacial score (nSPS) is 12.1. The number of rotatable bonds is 8. The van der Waals surface area contributed by atoms with E-state index in [1.165, 1.54) is 6.20 Å². The number of hydrogen-bond acceptors (Lipinski definition) is 5. The Bertz CT molecular complexity index is 495. The van der Waals surface area contributed by atoms with Crippen molar-refractivity contribution in [3.05, 3.63) is 36.2 Å². The summed E-state index contributed by atoms with van der Waals surface area (Å²) < 4.78 is 13.3. The predicted molar refractivity (Wildman–Crippen MR) is 85.5 cm³/mol. The van der Waals surface area contributed by atoms with Gasteiger partial charge in [0.25, 0.3) is 0 Å². The maximum Gasteiger partial charge on any atom is 0.140 e. The minimum absolute atomic E-state index is 0.366. The van der Waals surface area contributed by atoms with Crippen LogP contribution in [0.5, 0.6) is 0 Å². The van der Waals surface area contributed by atoms with Crippen molar-refractivity contribution in [1.82, 2.24) is 9.97 Å². The van der Waals surface area contributed by atoms with Gasteiger partial charge in [-0.15, -0.1) is 0 Å². The number of nitrogens with two attached hydrogens (primary N) is 1. The van der Waals surface area contributed by atoms with Crippen LogP contribution in [0.4, 0.5) is 16.0 Å². The first-order valence-corrected chi connectivity index (χ1v) is 7.27. The van der Waals surface area contributed by atoms with E-state index in [0.29, 0.717) is 24.1 Å². The molecule has 5 nitrogen and oxygen atoms in total. The van der Waals surface area contributed by atoms with Crippen LogP contribution in [0, 0.1) is 0 Å². The zero-order valence-electron chi connectivity index (χ0n) is 12.9. The van der Waals surface area contributed by atoms with E-state index in [0.717, 1.165) is 30.9 Å². The molecule has 1 heterocycles. The Morgan fingerprint density at radius 1 is 1.29 bits per heavy atom. The van der Waals surface area contributed by atoms with Crippen molar-refractivity contribution in [1.29, 1.82) is 0 Å². The third-order valence-electron chi connectivity index (χ3n) is 3.04. The Hall–Kier alpha value is -2.11. The lowest BCUT2D eigenvalue weighted by Crippen LogP contribution is -2.18. The first-order chi connectivity index (χ1) is 10.1. The van der Waals surface area contributed by atoms with Crippen LogP contribution in [0.25, 0.3) is 0 Å². The molecule has 21 heavy (non-hydrogen) atoms. The smallest absolute Gasteiger partial charge is 0.140 e. The fourth-order valence-corrected chi connectivity index (χ4v) is 1.79. The molecule has 0 aliphatic heterocycles. The Morgan fingerprint density at radius 3 is 2.52 bits per heavy atom. The zero-order chi connectivity index (χ0) is 15.7. The summed E-state index contributed by atoms with van der Waals surface area (Å²) >= 11 is 0. The van der Waals surface area contributed by atoms with E-state index in [-0.39, 0.29) is 0 Å². The molecule has 0 aliphatic carbocycles. The van der Waals surface area contributed by atoms with Crippen molar-refractivity contribution in [2.45, 2.75) is 46.1 Å². The monoisotopic (exact) mass is 293 g/mol. The van der Waals surface area contributed by atoms with E-state index >= 15 is 0 Å². The van der Waals surface area contributed by atoms with Gasteiger partial charge in [-0.05, 0) is 25.1 Å². The second kappa shape index (κ2) is 8.94. The molecule has 0 saturated carbocycles. The number of anilines is 2. The quantitative estimate of drug-likeness (QED) is 0.641. The molecular formula is C15H24FN5. The molecule has 0 unspecified atom stereocenters. The van der Waals surface area contributed by atoms with Gasteiger partial charge in [-0.1, -0.05) is 20.8 Å². The fourth-order valence-electron chi connectivity index (χ4n) is 1.79. The third-order valence-corrected chi connectivity index (χ3v) is 3.04.